The van der Waals surface area contributed by atoms with Gasteiger partial charge in [-0.3, -0.25) is 9.59 Å². The average molecular weight is 392 g/mol. The molecular formula is C18H20N2O6S. The number of thioether (sulfide) groups is 1. The number of rotatable bonds is 5. The number of nitrogens with zero attached hydrogens (tertiary/aromatic N) is 1. The van der Waals surface area contributed by atoms with Gasteiger partial charge in [0.2, 0.25) is 5.91 Å². The van der Waals surface area contributed by atoms with Crippen LogP contribution in [0.15, 0.2) is 18.2 Å². The van der Waals surface area contributed by atoms with Crippen molar-refractivity contribution in [2.45, 2.75) is 41.5 Å². The molecule has 2 saturated heterocycles. The van der Waals surface area contributed by atoms with Gasteiger partial charge in [0.05, 0.1) is 14.2 Å². The third-order valence-electron chi connectivity index (χ3n) is 5.59. The smallest absolute Gasteiger partial charge is 0.327 e. The molecule has 2 unspecified atom stereocenters. The Morgan fingerprint density at radius 1 is 1.26 bits per heavy atom. The van der Waals surface area contributed by atoms with Gasteiger partial charge >= 0.3 is 5.97 Å². The largest absolute Gasteiger partial charge is 0.496 e. The molecule has 0 aromatic heterocycles. The lowest BCUT2D eigenvalue weighted by atomic mass is 9.77. The van der Waals surface area contributed by atoms with Crippen LogP contribution in [0.1, 0.15) is 29.6 Å². The molecular weight excluding hydrogens is 372 g/mol. The first-order valence-electron chi connectivity index (χ1n) is 8.68. The number of nitrogens with one attached hydrogen (secondary N) is 1. The van der Waals surface area contributed by atoms with E-state index in [0.717, 1.165) is 19.3 Å². The monoisotopic (exact) mass is 392 g/mol. The van der Waals surface area contributed by atoms with Gasteiger partial charge in [-0.1, -0.05) is 12.5 Å². The number of hydrogen-bond donors (Lipinski definition) is 2. The number of aliphatic carboxylic acids is 1. The van der Waals surface area contributed by atoms with Gasteiger partial charge in [0.15, 0.2) is 0 Å². The molecule has 1 aliphatic carbocycles. The Morgan fingerprint density at radius 3 is 2.37 bits per heavy atom. The normalized spacial score (nSPS) is 27.4. The number of hydrogen-bond acceptors (Lipinski definition) is 6. The molecule has 0 bridgehead atoms. The molecule has 3 fully saturated rings. The summed E-state index contributed by atoms with van der Waals surface area (Å²) in [6.45, 7) is 0. The Morgan fingerprint density at radius 2 is 1.89 bits per heavy atom. The van der Waals surface area contributed by atoms with E-state index in [4.69, 9.17) is 9.47 Å². The molecule has 2 heterocycles. The fourth-order valence-electron chi connectivity index (χ4n) is 4.13. The van der Waals surface area contributed by atoms with Crippen LogP contribution in [0.4, 0.5) is 0 Å². The summed E-state index contributed by atoms with van der Waals surface area (Å²) in [6.07, 6.45) is 2.51. The second kappa shape index (κ2) is 6.33. The summed E-state index contributed by atoms with van der Waals surface area (Å²) in [5.74, 6) is -1.13. The summed E-state index contributed by atoms with van der Waals surface area (Å²) in [5.41, 5.74) is 0.213. The van der Waals surface area contributed by atoms with Crippen LogP contribution in [-0.4, -0.2) is 64.2 Å². The molecule has 2 amide bonds. The predicted molar refractivity (Wildman–Crippen MR) is 97.0 cm³/mol. The zero-order valence-corrected chi connectivity index (χ0v) is 15.7. The summed E-state index contributed by atoms with van der Waals surface area (Å²) in [6, 6.07) is 3.41. The number of β-lactam (4-membered cyclic amide) rings is 1. The Bertz CT molecular complexity index is 802. The second-order valence-electron chi connectivity index (χ2n) is 6.90. The number of methoxy groups -OCH3 is 2. The van der Waals surface area contributed by atoms with Crippen molar-refractivity contribution in [2.24, 2.45) is 0 Å². The lowest BCUT2D eigenvalue weighted by molar-refractivity contribution is -0.161. The predicted octanol–water partition coefficient (Wildman–Crippen LogP) is 1.09. The van der Waals surface area contributed by atoms with Crippen LogP contribution >= 0.6 is 11.8 Å². The molecule has 1 aromatic carbocycles. The van der Waals surface area contributed by atoms with Gasteiger partial charge in [0, 0.05) is 4.75 Å². The van der Waals surface area contributed by atoms with Crippen molar-refractivity contribution in [3.63, 3.8) is 0 Å². The molecule has 4 rings (SSSR count). The molecule has 0 radical (unpaired) electrons. The molecule has 3 atom stereocenters. The number of carboxylic acid groups (broad SMARTS) is 1. The lowest BCUT2D eigenvalue weighted by Crippen LogP contribution is -2.71. The SMILES string of the molecule is COc1cccc(OC)c1C(=O)NC1C(=O)N2C(C(=O)O)C3(CCC3)S[C@@H]12. The van der Waals surface area contributed by atoms with Crippen molar-refractivity contribution in [1.29, 1.82) is 0 Å². The first kappa shape index (κ1) is 18.0. The highest BCUT2D eigenvalue weighted by atomic mass is 32.2. The van der Waals surface area contributed by atoms with Crippen LogP contribution in [0.3, 0.4) is 0 Å². The Balaban J connectivity index is 1.56. The van der Waals surface area contributed by atoms with Crippen LogP contribution in [0.25, 0.3) is 0 Å². The van der Waals surface area contributed by atoms with E-state index in [0.29, 0.717) is 11.5 Å². The summed E-state index contributed by atoms with van der Waals surface area (Å²) in [4.78, 5) is 38.6. The minimum atomic E-state index is -0.978. The lowest BCUT2D eigenvalue weighted by Gasteiger charge is -2.44. The molecule has 1 spiro atoms. The summed E-state index contributed by atoms with van der Waals surface area (Å²) < 4.78 is 10.1. The average Bonchev–Trinajstić information content (AvgIpc) is 2.98. The quantitative estimate of drug-likeness (QED) is 0.723. The number of carboxylic acids is 1. The third kappa shape index (κ3) is 2.48. The van der Waals surface area contributed by atoms with Gasteiger partial charge in [-0.15, -0.1) is 11.8 Å². The van der Waals surface area contributed by atoms with Gasteiger partial charge in [-0.05, 0) is 25.0 Å². The number of carbonyl (C=O) groups is 3. The molecule has 8 nitrogen and oxygen atoms in total. The van der Waals surface area contributed by atoms with Crippen molar-refractivity contribution < 1.29 is 29.0 Å². The molecule has 3 aliphatic rings. The number of carbonyl (C=O) groups excluding carboxylic acids is 2. The van der Waals surface area contributed by atoms with E-state index in [1.165, 1.54) is 30.9 Å². The van der Waals surface area contributed by atoms with E-state index in [1.807, 2.05) is 0 Å². The zero-order chi connectivity index (χ0) is 19.3. The van der Waals surface area contributed by atoms with Crippen molar-refractivity contribution >= 4 is 29.5 Å². The molecule has 144 valence electrons. The van der Waals surface area contributed by atoms with Crippen LogP contribution in [-0.2, 0) is 9.59 Å². The molecule has 2 N–H and O–H groups in total. The highest BCUT2D eigenvalue weighted by molar-refractivity contribution is 8.01. The van der Waals surface area contributed by atoms with E-state index < -0.39 is 28.7 Å². The van der Waals surface area contributed by atoms with Gasteiger partial charge in [0.25, 0.3) is 5.91 Å². The number of ether oxygens (including phenoxy) is 2. The maximum absolute atomic E-state index is 12.8. The van der Waals surface area contributed by atoms with E-state index in [1.54, 1.807) is 18.2 Å². The number of amides is 2. The third-order valence-corrected chi connectivity index (χ3v) is 7.43. The first-order valence-corrected chi connectivity index (χ1v) is 9.56. The summed E-state index contributed by atoms with van der Waals surface area (Å²) >= 11 is 1.50. The zero-order valence-electron chi connectivity index (χ0n) is 14.9. The van der Waals surface area contributed by atoms with E-state index in [2.05, 4.69) is 5.32 Å². The Labute approximate surface area is 160 Å². The van der Waals surface area contributed by atoms with Gasteiger partial charge in [-0.2, -0.15) is 0 Å². The van der Waals surface area contributed by atoms with Crippen LogP contribution in [0, 0.1) is 0 Å². The van der Waals surface area contributed by atoms with Crippen LogP contribution in [0.2, 0.25) is 0 Å². The van der Waals surface area contributed by atoms with E-state index in [-0.39, 0.29) is 16.8 Å². The topological polar surface area (TPSA) is 105 Å². The molecule has 2 aliphatic heterocycles. The molecule has 9 heteroatoms. The van der Waals surface area contributed by atoms with Gasteiger partial charge < -0.3 is 24.8 Å². The molecule has 1 saturated carbocycles. The molecule has 1 aromatic rings. The maximum Gasteiger partial charge on any atom is 0.327 e. The van der Waals surface area contributed by atoms with Crippen molar-refractivity contribution in [2.75, 3.05) is 14.2 Å². The van der Waals surface area contributed by atoms with Gasteiger partial charge in [0.1, 0.15) is 34.5 Å². The summed E-state index contributed by atoms with van der Waals surface area (Å²) in [5, 5.41) is 12.0. The fraction of sp³-hybridized carbons (Fsp3) is 0.500. The van der Waals surface area contributed by atoms with Gasteiger partial charge in [-0.25, -0.2) is 4.79 Å². The fourth-order valence-corrected chi connectivity index (χ4v) is 6.13. The molecule has 27 heavy (non-hydrogen) atoms. The highest BCUT2D eigenvalue weighted by Crippen LogP contribution is 2.59. The first-order chi connectivity index (χ1) is 12.9. The Kier molecular flexibility index (Phi) is 4.21. The van der Waals surface area contributed by atoms with E-state index in [9.17, 15) is 19.5 Å². The number of fused-ring (bicyclic) bond motifs is 1. The minimum absolute atomic E-state index is 0.213. The maximum atomic E-state index is 12.8. The Hall–Kier alpha value is -2.42. The highest BCUT2D eigenvalue weighted by Gasteiger charge is 2.68. The van der Waals surface area contributed by atoms with Crippen LogP contribution < -0.4 is 14.8 Å². The van der Waals surface area contributed by atoms with E-state index >= 15 is 0 Å². The standard InChI is InChI=1S/C18H20N2O6S/c1-25-9-5-3-6-10(26-2)11(9)14(21)19-12-15(22)20-13(17(23)24)18(7-4-8-18)27-16(12)20/h3,5-6,12-13,16H,4,7-8H2,1-2H3,(H,19,21)(H,23,24)/t12?,13?,16-/m0/s1. The number of benzene rings is 1. The van der Waals surface area contributed by atoms with Crippen molar-refractivity contribution in [3.05, 3.63) is 23.8 Å². The van der Waals surface area contributed by atoms with Crippen LogP contribution in [0.5, 0.6) is 11.5 Å². The van der Waals surface area contributed by atoms with Crippen molar-refractivity contribution in [1.82, 2.24) is 10.2 Å². The second-order valence-corrected chi connectivity index (χ2v) is 8.43. The summed E-state index contributed by atoms with van der Waals surface area (Å²) in [7, 11) is 2.90. The van der Waals surface area contributed by atoms with Crippen molar-refractivity contribution in [3.8, 4) is 11.5 Å². The minimum Gasteiger partial charge on any atom is -0.496 e.